The van der Waals surface area contributed by atoms with Crippen LogP contribution in [0, 0.1) is 5.82 Å². The second-order valence-electron chi connectivity index (χ2n) is 6.22. The third-order valence-corrected chi connectivity index (χ3v) is 4.32. The van der Waals surface area contributed by atoms with Gasteiger partial charge in [0.25, 0.3) is 5.91 Å². The first-order valence-corrected chi connectivity index (χ1v) is 8.75. The van der Waals surface area contributed by atoms with E-state index in [4.69, 9.17) is 9.15 Å². The van der Waals surface area contributed by atoms with Crippen molar-refractivity contribution in [2.24, 2.45) is 0 Å². The van der Waals surface area contributed by atoms with Crippen LogP contribution in [0.15, 0.2) is 70.0 Å². The van der Waals surface area contributed by atoms with Crippen LogP contribution in [0.2, 0.25) is 0 Å². The summed E-state index contributed by atoms with van der Waals surface area (Å²) in [5.41, 5.74) is 0.304. The molecule has 7 nitrogen and oxygen atoms in total. The number of nitrogens with zero attached hydrogens (tertiary/aromatic N) is 2. The van der Waals surface area contributed by atoms with Gasteiger partial charge in [-0.2, -0.15) is 5.10 Å². The lowest BCUT2D eigenvalue weighted by Gasteiger charge is -2.07. The minimum atomic E-state index is -0.640. The van der Waals surface area contributed by atoms with Gasteiger partial charge in [0, 0.05) is 17.6 Å². The van der Waals surface area contributed by atoms with Gasteiger partial charge < -0.3 is 14.5 Å². The fraction of sp³-hybridized carbons (Fsp3) is 0.0952. The van der Waals surface area contributed by atoms with E-state index in [-0.39, 0.29) is 12.2 Å². The molecular weight excluding hydrogens is 377 g/mol. The number of halogens is 1. The lowest BCUT2D eigenvalue weighted by molar-refractivity contribution is 0.0940. The number of amides is 1. The van der Waals surface area contributed by atoms with E-state index in [0.29, 0.717) is 22.8 Å². The fourth-order valence-corrected chi connectivity index (χ4v) is 2.89. The first kappa shape index (κ1) is 18.4. The van der Waals surface area contributed by atoms with Gasteiger partial charge in [-0.1, -0.05) is 12.1 Å². The molecule has 0 atom stereocenters. The third kappa shape index (κ3) is 3.73. The molecule has 1 N–H and O–H groups in total. The lowest BCUT2D eigenvalue weighted by Crippen LogP contribution is -2.30. The van der Waals surface area contributed by atoms with Gasteiger partial charge in [0.15, 0.2) is 17.0 Å². The van der Waals surface area contributed by atoms with Crippen LogP contribution in [0.25, 0.3) is 16.7 Å². The molecule has 0 bridgehead atoms. The topological polar surface area (TPSA) is 86.4 Å². The number of hydrogen-bond donors (Lipinski definition) is 1. The van der Waals surface area contributed by atoms with Crippen LogP contribution in [-0.2, 0) is 6.54 Å². The van der Waals surface area contributed by atoms with Crippen LogP contribution < -0.4 is 15.5 Å². The van der Waals surface area contributed by atoms with Crippen LogP contribution in [0.4, 0.5) is 4.39 Å². The van der Waals surface area contributed by atoms with Gasteiger partial charge >= 0.3 is 0 Å². The van der Waals surface area contributed by atoms with Crippen LogP contribution in [0.3, 0.4) is 0 Å². The molecule has 0 fully saturated rings. The second-order valence-corrected chi connectivity index (χ2v) is 6.22. The Morgan fingerprint density at radius 1 is 1.21 bits per heavy atom. The molecule has 1 amide bonds. The molecule has 0 aliphatic heterocycles. The number of hydrogen-bond acceptors (Lipinski definition) is 5. The van der Waals surface area contributed by atoms with Crippen LogP contribution in [-0.4, -0.2) is 22.8 Å². The smallest absolute Gasteiger partial charge is 0.276 e. The van der Waals surface area contributed by atoms with E-state index in [1.54, 1.807) is 19.2 Å². The number of ether oxygens (including phenoxy) is 1. The second kappa shape index (κ2) is 7.59. The van der Waals surface area contributed by atoms with Gasteiger partial charge in [-0.3, -0.25) is 9.59 Å². The number of para-hydroxylation sites is 1. The number of nitrogens with one attached hydrogen (secondary N) is 1. The number of carbonyl (C=O) groups is 1. The van der Waals surface area contributed by atoms with Gasteiger partial charge in [0.2, 0.25) is 5.43 Å². The quantitative estimate of drug-likeness (QED) is 0.563. The Labute approximate surface area is 164 Å². The van der Waals surface area contributed by atoms with Crippen molar-refractivity contribution in [1.29, 1.82) is 0 Å². The molecule has 0 radical (unpaired) electrons. The fourth-order valence-electron chi connectivity index (χ4n) is 2.89. The summed E-state index contributed by atoms with van der Waals surface area (Å²) in [5, 5.41) is 7.54. The van der Waals surface area contributed by atoms with Crippen molar-refractivity contribution in [3.8, 4) is 11.4 Å². The van der Waals surface area contributed by atoms with Crippen molar-refractivity contribution in [2.75, 3.05) is 7.11 Å². The monoisotopic (exact) mass is 393 g/mol. The summed E-state index contributed by atoms with van der Waals surface area (Å²) < 4.78 is 25.4. The molecular formula is C21H16FN3O4. The van der Waals surface area contributed by atoms with Gasteiger partial charge in [-0.05, 0) is 36.4 Å². The Bertz CT molecular complexity index is 1250. The summed E-state index contributed by atoms with van der Waals surface area (Å²) in [6, 6.07) is 14.0. The predicted molar refractivity (Wildman–Crippen MR) is 104 cm³/mol. The van der Waals surface area contributed by atoms with Crippen molar-refractivity contribution in [3.05, 3.63) is 88.3 Å². The molecule has 2 aromatic carbocycles. The van der Waals surface area contributed by atoms with Crippen molar-refractivity contribution in [3.63, 3.8) is 0 Å². The van der Waals surface area contributed by atoms with E-state index in [2.05, 4.69) is 10.4 Å². The van der Waals surface area contributed by atoms with Gasteiger partial charge in [-0.15, -0.1) is 0 Å². The maximum atomic E-state index is 13.1. The Kier molecular flexibility index (Phi) is 4.82. The first-order chi connectivity index (χ1) is 14.0. The summed E-state index contributed by atoms with van der Waals surface area (Å²) >= 11 is 0. The zero-order valence-corrected chi connectivity index (χ0v) is 15.4. The van der Waals surface area contributed by atoms with E-state index in [1.165, 1.54) is 41.2 Å². The van der Waals surface area contributed by atoms with Crippen molar-refractivity contribution in [2.45, 2.75) is 6.54 Å². The van der Waals surface area contributed by atoms with E-state index in [0.717, 1.165) is 5.39 Å². The largest absolute Gasteiger partial charge is 0.493 e. The van der Waals surface area contributed by atoms with E-state index < -0.39 is 17.2 Å². The molecule has 0 aliphatic carbocycles. The minimum Gasteiger partial charge on any atom is -0.493 e. The number of rotatable bonds is 5. The van der Waals surface area contributed by atoms with Crippen molar-refractivity contribution >= 4 is 16.9 Å². The third-order valence-electron chi connectivity index (χ3n) is 4.32. The van der Waals surface area contributed by atoms with Crippen LogP contribution >= 0.6 is 0 Å². The molecule has 4 aromatic rings. The number of benzene rings is 2. The van der Waals surface area contributed by atoms with E-state index in [9.17, 15) is 14.0 Å². The Hall–Kier alpha value is -3.94. The highest BCUT2D eigenvalue weighted by Gasteiger charge is 2.15. The molecule has 29 heavy (non-hydrogen) atoms. The Balaban J connectivity index is 1.55. The molecule has 0 unspecified atom stereocenters. The average molecular weight is 393 g/mol. The predicted octanol–water partition coefficient (Wildman–Crippen LogP) is 3.06. The summed E-state index contributed by atoms with van der Waals surface area (Å²) in [5.74, 6) is 0.0636. The normalized spacial score (nSPS) is 10.8. The zero-order valence-electron chi connectivity index (χ0n) is 15.4. The summed E-state index contributed by atoms with van der Waals surface area (Å²) in [4.78, 5) is 24.6. The molecule has 8 heteroatoms. The standard InChI is InChI=1S/C21H16FN3O4/c1-28-18-4-2-3-13-11-16(29-20(13)18)12-23-21(27)19-17(26)9-10-25(24-19)15-7-5-14(22)6-8-15/h2-11H,12H2,1H3,(H,23,27). The summed E-state index contributed by atoms with van der Waals surface area (Å²) in [7, 11) is 1.55. The van der Waals surface area contributed by atoms with Crippen molar-refractivity contribution in [1.82, 2.24) is 15.1 Å². The zero-order chi connectivity index (χ0) is 20.4. The van der Waals surface area contributed by atoms with Gasteiger partial charge in [0.1, 0.15) is 11.6 Å². The molecule has 146 valence electrons. The summed E-state index contributed by atoms with van der Waals surface area (Å²) in [6.07, 6.45) is 1.41. The highest BCUT2D eigenvalue weighted by molar-refractivity contribution is 5.92. The van der Waals surface area contributed by atoms with Gasteiger partial charge in [-0.25, -0.2) is 9.07 Å². The Morgan fingerprint density at radius 2 is 2.00 bits per heavy atom. The van der Waals surface area contributed by atoms with Crippen molar-refractivity contribution < 1.29 is 18.3 Å². The molecule has 4 rings (SSSR count). The molecule has 0 spiro atoms. The highest BCUT2D eigenvalue weighted by Crippen LogP contribution is 2.28. The van der Waals surface area contributed by atoms with E-state index in [1.807, 2.05) is 12.1 Å². The molecule has 0 aliphatic rings. The lowest BCUT2D eigenvalue weighted by atomic mass is 10.2. The number of furan rings is 1. The van der Waals surface area contributed by atoms with Crippen LogP contribution in [0.5, 0.6) is 5.75 Å². The number of aromatic nitrogens is 2. The molecule has 0 saturated carbocycles. The molecule has 2 heterocycles. The number of methoxy groups -OCH3 is 1. The average Bonchev–Trinajstić information content (AvgIpc) is 3.16. The molecule has 0 saturated heterocycles. The number of carbonyl (C=O) groups excluding carboxylic acids is 1. The van der Waals surface area contributed by atoms with E-state index >= 15 is 0 Å². The highest BCUT2D eigenvalue weighted by atomic mass is 19.1. The first-order valence-electron chi connectivity index (χ1n) is 8.75. The summed E-state index contributed by atoms with van der Waals surface area (Å²) in [6.45, 7) is 0.0726. The Morgan fingerprint density at radius 3 is 2.76 bits per heavy atom. The maximum Gasteiger partial charge on any atom is 0.276 e. The minimum absolute atomic E-state index is 0.0726. The molecule has 2 aromatic heterocycles. The maximum absolute atomic E-state index is 13.1. The number of fused-ring (bicyclic) bond motifs is 1. The van der Waals surface area contributed by atoms with Crippen LogP contribution in [0.1, 0.15) is 16.2 Å². The van der Waals surface area contributed by atoms with Gasteiger partial charge in [0.05, 0.1) is 19.3 Å². The SMILES string of the molecule is COc1cccc2cc(CNC(=O)c3nn(-c4ccc(F)cc4)ccc3=O)oc12.